The van der Waals surface area contributed by atoms with Crippen LogP contribution in [0, 0.1) is 13.8 Å². The highest BCUT2D eigenvalue weighted by Gasteiger charge is 2.22. The fraction of sp³-hybridized carbons (Fsp3) is 0.357. The zero-order chi connectivity index (χ0) is 12.0. The number of rotatable bonds is 1. The number of nitrogens with zero attached hydrogens (tertiary/aromatic N) is 2. The summed E-state index contributed by atoms with van der Waals surface area (Å²) in [6.07, 6.45) is 2.16. The van der Waals surface area contributed by atoms with Crippen LogP contribution in [0.3, 0.4) is 0 Å². The Hall–Kier alpha value is -1.61. The van der Waals surface area contributed by atoms with Gasteiger partial charge in [-0.1, -0.05) is 18.2 Å². The summed E-state index contributed by atoms with van der Waals surface area (Å²) in [5, 5.41) is 8.08. The predicted octanol–water partition coefficient (Wildman–Crippen LogP) is 2.65. The van der Waals surface area contributed by atoms with E-state index in [1.54, 1.807) is 0 Å². The minimum absolute atomic E-state index is 0.420. The van der Waals surface area contributed by atoms with Gasteiger partial charge in [-0.3, -0.25) is 0 Å². The van der Waals surface area contributed by atoms with Crippen molar-refractivity contribution in [3.05, 3.63) is 46.8 Å². The molecule has 1 atom stereocenters. The summed E-state index contributed by atoms with van der Waals surface area (Å²) < 4.78 is 2.03. The number of aryl methyl sites for hydroxylation is 2. The lowest BCUT2D eigenvalue weighted by Crippen LogP contribution is -2.10. The van der Waals surface area contributed by atoms with Gasteiger partial charge in [-0.25, -0.2) is 4.68 Å². The molecular weight excluding hydrogens is 210 g/mol. The average Bonchev–Trinajstić information content (AvgIpc) is 2.82. The van der Waals surface area contributed by atoms with E-state index in [1.165, 1.54) is 28.1 Å². The van der Waals surface area contributed by atoms with Crippen molar-refractivity contribution >= 4 is 0 Å². The summed E-state index contributed by atoms with van der Waals surface area (Å²) in [6.45, 7) is 7.34. The smallest absolute Gasteiger partial charge is 0.0814 e. The molecular formula is C14H17N3. The van der Waals surface area contributed by atoms with E-state index >= 15 is 0 Å². The van der Waals surface area contributed by atoms with Gasteiger partial charge in [0.25, 0.3) is 0 Å². The van der Waals surface area contributed by atoms with Crippen LogP contribution in [-0.4, -0.2) is 9.78 Å². The Morgan fingerprint density at radius 2 is 2.00 bits per heavy atom. The molecule has 1 aromatic heterocycles. The Morgan fingerprint density at radius 3 is 2.65 bits per heavy atom. The van der Waals surface area contributed by atoms with Crippen LogP contribution in [0.5, 0.6) is 0 Å². The summed E-state index contributed by atoms with van der Waals surface area (Å²) in [7, 11) is 0. The normalized spacial score (nSPS) is 18.4. The molecule has 0 spiro atoms. The summed E-state index contributed by atoms with van der Waals surface area (Å²) >= 11 is 0. The lowest BCUT2D eigenvalue weighted by molar-refractivity contribution is 0.617. The van der Waals surface area contributed by atoms with Crippen molar-refractivity contribution in [2.45, 2.75) is 33.4 Å². The van der Waals surface area contributed by atoms with E-state index in [4.69, 9.17) is 0 Å². The van der Waals surface area contributed by atoms with Crippen LogP contribution in [0.15, 0.2) is 24.4 Å². The molecule has 1 aromatic carbocycles. The molecule has 3 nitrogen and oxygen atoms in total. The van der Waals surface area contributed by atoms with Crippen molar-refractivity contribution < 1.29 is 0 Å². The monoisotopic (exact) mass is 227 g/mol. The maximum absolute atomic E-state index is 4.69. The number of para-hydroxylation sites is 1. The first-order chi connectivity index (χ1) is 8.16. The largest absolute Gasteiger partial charge is 0.304 e. The molecule has 2 aromatic rings. The molecule has 88 valence electrons. The third-order valence-corrected chi connectivity index (χ3v) is 3.53. The topological polar surface area (TPSA) is 29.9 Å². The van der Waals surface area contributed by atoms with Crippen LogP contribution in [0.2, 0.25) is 0 Å². The van der Waals surface area contributed by atoms with Crippen LogP contribution in [0.4, 0.5) is 0 Å². The molecule has 3 heteroatoms. The highest BCUT2D eigenvalue weighted by Crippen LogP contribution is 2.26. The predicted molar refractivity (Wildman–Crippen MR) is 68.3 cm³/mol. The Kier molecular flexibility index (Phi) is 2.30. The number of hydrogen-bond acceptors (Lipinski definition) is 2. The van der Waals surface area contributed by atoms with Gasteiger partial charge in [0.1, 0.15) is 0 Å². The molecule has 17 heavy (non-hydrogen) atoms. The molecule has 1 aliphatic rings. The Bertz CT molecular complexity index is 549. The fourth-order valence-electron chi connectivity index (χ4n) is 2.56. The molecule has 3 rings (SSSR count). The molecule has 1 N–H and O–H groups in total. The minimum atomic E-state index is 0.420. The van der Waals surface area contributed by atoms with Crippen LogP contribution in [0.1, 0.15) is 35.3 Å². The minimum Gasteiger partial charge on any atom is -0.304 e. The van der Waals surface area contributed by atoms with Crippen molar-refractivity contribution in [1.82, 2.24) is 15.1 Å². The number of aromatic nitrogens is 2. The molecule has 2 heterocycles. The molecule has 0 aliphatic carbocycles. The van der Waals surface area contributed by atoms with Crippen LogP contribution in [0.25, 0.3) is 5.69 Å². The molecule has 0 radical (unpaired) electrons. The number of nitrogens with one attached hydrogen (secondary N) is 1. The Balaban J connectivity index is 2.14. The van der Waals surface area contributed by atoms with Gasteiger partial charge in [-0.15, -0.1) is 0 Å². The second-order valence-electron chi connectivity index (χ2n) is 4.82. The van der Waals surface area contributed by atoms with E-state index in [1.807, 2.05) is 4.68 Å². The van der Waals surface area contributed by atoms with Gasteiger partial charge >= 0.3 is 0 Å². The van der Waals surface area contributed by atoms with Gasteiger partial charge in [0, 0.05) is 24.3 Å². The van der Waals surface area contributed by atoms with Crippen molar-refractivity contribution in [3.8, 4) is 5.69 Å². The highest BCUT2D eigenvalue weighted by atomic mass is 15.3. The van der Waals surface area contributed by atoms with E-state index in [2.05, 4.69) is 55.6 Å². The van der Waals surface area contributed by atoms with Crippen LogP contribution >= 0.6 is 0 Å². The molecule has 1 unspecified atom stereocenters. The molecule has 1 aliphatic heterocycles. The van der Waals surface area contributed by atoms with E-state index in [0.717, 1.165) is 6.54 Å². The quantitative estimate of drug-likeness (QED) is 0.811. The second-order valence-corrected chi connectivity index (χ2v) is 4.82. The molecule has 0 bridgehead atoms. The maximum atomic E-state index is 4.69. The van der Waals surface area contributed by atoms with Crippen LogP contribution in [-0.2, 0) is 6.54 Å². The lowest BCUT2D eigenvalue weighted by atomic mass is 10.1. The third kappa shape index (κ3) is 1.58. The van der Waals surface area contributed by atoms with Gasteiger partial charge in [-0.05, 0) is 31.9 Å². The van der Waals surface area contributed by atoms with E-state index in [-0.39, 0.29) is 0 Å². The first-order valence-electron chi connectivity index (χ1n) is 6.05. The second kappa shape index (κ2) is 3.70. The first kappa shape index (κ1) is 10.5. The van der Waals surface area contributed by atoms with E-state index in [9.17, 15) is 0 Å². The Morgan fingerprint density at radius 1 is 1.29 bits per heavy atom. The van der Waals surface area contributed by atoms with Crippen molar-refractivity contribution in [2.24, 2.45) is 0 Å². The van der Waals surface area contributed by atoms with Crippen LogP contribution < -0.4 is 5.32 Å². The number of fused-ring (bicyclic) bond motifs is 1. The Labute approximate surface area is 101 Å². The van der Waals surface area contributed by atoms with Gasteiger partial charge in [0.2, 0.25) is 0 Å². The summed E-state index contributed by atoms with van der Waals surface area (Å²) in [5.41, 5.74) is 6.26. The van der Waals surface area contributed by atoms with Gasteiger partial charge in [0.05, 0.1) is 11.4 Å². The highest BCUT2D eigenvalue weighted by molar-refractivity contribution is 5.47. The molecule has 0 amide bonds. The zero-order valence-corrected chi connectivity index (χ0v) is 10.5. The van der Waals surface area contributed by atoms with E-state index < -0.39 is 0 Å². The van der Waals surface area contributed by atoms with Gasteiger partial charge in [0.15, 0.2) is 0 Å². The van der Waals surface area contributed by atoms with Crippen molar-refractivity contribution in [1.29, 1.82) is 0 Å². The maximum Gasteiger partial charge on any atom is 0.0814 e. The fourth-order valence-corrected chi connectivity index (χ4v) is 2.56. The third-order valence-electron chi connectivity index (χ3n) is 3.53. The number of hydrogen-bond donors (Lipinski definition) is 1. The van der Waals surface area contributed by atoms with Gasteiger partial charge in [-0.2, -0.15) is 5.10 Å². The summed E-state index contributed by atoms with van der Waals surface area (Å²) in [4.78, 5) is 0. The first-order valence-corrected chi connectivity index (χ1v) is 6.05. The van der Waals surface area contributed by atoms with Gasteiger partial charge < -0.3 is 5.32 Å². The summed E-state index contributed by atoms with van der Waals surface area (Å²) in [6, 6.07) is 6.78. The van der Waals surface area contributed by atoms with E-state index in [0.29, 0.717) is 6.04 Å². The summed E-state index contributed by atoms with van der Waals surface area (Å²) in [5.74, 6) is 0. The lowest BCUT2D eigenvalue weighted by Gasteiger charge is -2.10. The molecule has 0 saturated heterocycles. The molecule has 0 fully saturated rings. The standard InChI is InChI=1S/C14H17N3/c1-9-5-4-6-10(2)14(9)17-8-12-11(3)15-7-13(12)16-17/h4-6,8,11,15H,7H2,1-3H3. The average molecular weight is 227 g/mol. The SMILES string of the molecule is Cc1cccc(C)c1-n1cc2c(n1)CNC2C. The molecule has 0 saturated carbocycles. The van der Waals surface area contributed by atoms with Crippen molar-refractivity contribution in [3.63, 3.8) is 0 Å². The zero-order valence-electron chi connectivity index (χ0n) is 10.5. The number of benzene rings is 1. The van der Waals surface area contributed by atoms with Crippen molar-refractivity contribution in [2.75, 3.05) is 0 Å².